The van der Waals surface area contributed by atoms with E-state index in [1.807, 2.05) is 51.4 Å². The summed E-state index contributed by atoms with van der Waals surface area (Å²) in [6.45, 7) is 5.22. The van der Waals surface area contributed by atoms with Crippen LogP contribution in [0, 0.1) is 0 Å². The fraction of sp³-hybridized carbons (Fsp3) is 0.571. The lowest BCUT2D eigenvalue weighted by atomic mass is 10.1. The standard InChI is InChI=1S/C14H24N2O2S2/c1-14(2,19-4)11-16-20(17,18)10-13-7-5-6-12(8-13)9-15-3/h5-8,15-16H,9-11H2,1-4H3. The molecular weight excluding hydrogens is 292 g/mol. The fourth-order valence-electron chi connectivity index (χ4n) is 1.66. The Labute approximate surface area is 126 Å². The number of rotatable bonds is 8. The van der Waals surface area contributed by atoms with Crippen molar-refractivity contribution in [3.8, 4) is 0 Å². The first kappa shape index (κ1) is 17.5. The predicted molar refractivity (Wildman–Crippen MR) is 87.4 cm³/mol. The summed E-state index contributed by atoms with van der Waals surface area (Å²) in [6, 6.07) is 7.65. The summed E-state index contributed by atoms with van der Waals surface area (Å²) in [5, 5.41) is 3.06. The van der Waals surface area contributed by atoms with Crippen LogP contribution in [0.25, 0.3) is 0 Å². The molecule has 114 valence electrons. The molecule has 0 bridgehead atoms. The lowest BCUT2D eigenvalue weighted by Gasteiger charge is -2.22. The van der Waals surface area contributed by atoms with Gasteiger partial charge < -0.3 is 5.32 Å². The summed E-state index contributed by atoms with van der Waals surface area (Å²) < 4.78 is 26.8. The lowest BCUT2D eigenvalue weighted by Crippen LogP contribution is -2.36. The van der Waals surface area contributed by atoms with Crippen molar-refractivity contribution in [3.05, 3.63) is 35.4 Å². The zero-order valence-electron chi connectivity index (χ0n) is 12.6. The molecule has 0 saturated carbocycles. The van der Waals surface area contributed by atoms with Crippen LogP contribution in [0.3, 0.4) is 0 Å². The topological polar surface area (TPSA) is 58.2 Å². The van der Waals surface area contributed by atoms with Gasteiger partial charge in [0.1, 0.15) is 0 Å². The lowest BCUT2D eigenvalue weighted by molar-refractivity contribution is 0.570. The first-order valence-electron chi connectivity index (χ1n) is 6.53. The molecule has 0 amide bonds. The molecule has 1 rings (SSSR count). The highest BCUT2D eigenvalue weighted by molar-refractivity contribution is 8.00. The van der Waals surface area contributed by atoms with Gasteiger partial charge in [0.2, 0.25) is 10.0 Å². The molecule has 0 saturated heterocycles. The third-order valence-electron chi connectivity index (χ3n) is 3.00. The molecule has 0 aliphatic carbocycles. The van der Waals surface area contributed by atoms with Crippen LogP contribution in [0.2, 0.25) is 0 Å². The van der Waals surface area contributed by atoms with Crippen molar-refractivity contribution < 1.29 is 8.42 Å². The van der Waals surface area contributed by atoms with Gasteiger partial charge in [-0.05, 0) is 38.3 Å². The Morgan fingerprint density at radius 1 is 1.25 bits per heavy atom. The number of thioether (sulfide) groups is 1. The van der Waals surface area contributed by atoms with Gasteiger partial charge in [0.25, 0.3) is 0 Å². The van der Waals surface area contributed by atoms with Crippen molar-refractivity contribution in [1.29, 1.82) is 0 Å². The fourth-order valence-corrected chi connectivity index (χ4v) is 3.27. The van der Waals surface area contributed by atoms with Gasteiger partial charge in [-0.3, -0.25) is 0 Å². The number of nitrogens with one attached hydrogen (secondary N) is 2. The van der Waals surface area contributed by atoms with E-state index in [0.29, 0.717) is 6.54 Å². The monoisotopic (exact) mass is 316 g/mol. The molecule has 0 unspecified atom stereocenters. The smallest absolute Gasteiger partial charge is 0.215 e. The Bertz CT molecular complexity index is 528. The van der Waals surface area contributed by atoms with E-state index in [0.717, 1.165) is 17.7 Å². The van der Waals surface area contributed by atoms with Crippen LogP contribution >= 0.6 is 11.8 Å². The minimum Gasteiger partial charge on any atom is -0.316 e. The van der Waals surface area contributed by atoms with E-state index in [1.165, 1.54) is 0 Å². The number of hydrogen-bond donors (Lipinski definition) is 2. The second-order valence-corrected chi connectivity index (χ2v) is 8.71. The predicted octanol–water partition coefficient (Wildman–Crippen LogP) is 1.97. The largest absolute Gasteiger partial charge is 0.316 e. The van der Waals surface area contributed by atoms with Crippen LogP contribution in [-0.2, 0) is 22.3 Å². The first-order valence-corrected chi connectivity index (χ1v) is 9.40. The van der Waals surface area contributed by atoms with Crippen molar-refractivity contribution in [2.24, 2.45) is 0 Å². The molecule has 0 aliphatic heterocycles. The van der Waals surface area contributed by atoms with Gasteiger partial charge in [-0.25, -0.2) is 13.1 Å². The van der Waals surface area contributed by atoms with E-state index in [-0.39, 0.29) is 10.5 Å². The minimum atomic E-state index is -3.29. The number of sulfonamides is 1. The van der Waals surface area contributed by atoms with Crippen LogP contribution < -0.4 is 10.0 Å². The molecule has 20 heavy (non-hydrogen) atoms. The molecular formula is C14H24N2O2S2. The highest BCUT2D eigenvalue weighted by Gasteiger charge is 2.20. The van der Waals surface area contributed by atoms with Gasteiger partial charge in [0, 0.05) is 17.8 Å². The summed E-state index contributed by atoms with van der Waals surface area (Å²) in [5.41, 5.74) is 1.90. The Balaban J connectivity index is 2.69. The molecule has 0 aromatic heterocycles. The molecule has 0 radical (unpaired) electrons. The van der Waals surface area contributed by atoms with E-state index in [2.05, 4.69) is 10.0 Å². The SMILES string of the molecule is CNCc1cccc(CS(=O)(=O)NCC(C)(C)SC)c1. The van der Waals surface area contributed by atoms with E-state index in [1.54, 1.807) is 11.8 Å². The average Bonchev–Trinajstić information content (AvgIpc) is 2.37. The maximum absolute atomic E-state index is 12.1. The van der Waals surface area contributed by atoms with Gasteiger partial charge in [-0.2, -0.15) is 11.8 Å². The molecule has 0 aliphatic rings. The summed E-state index contributed by atoms with van der Waals surface area (Å²) in [6.07, 6.45) is 1.98. The molecule has 1 aromatic carbocycles. The van der Waals surface area contributed by atoms with Crippen molar-refractivity contribution in [1.82, 2.24) is 10.0 Å². The Morgan fingerprint density at radius 3 is 2.50 bits per heavy atom. The van der Waals surface area contributed by atoms with Crippen LogP contribution in [0.4, 0.5) is 0 Å². The van der Waals surface area contributed by atoms with Crippen LogP contribution in [0.1, 0.15) is 25.0 Å². The zero-order chi connectivity index (χ0) is 15.2. The zero-order valence-corrected chi connectivity index (χ0v) is 14.2. The van der Waals surface area contributed by atoms with Crippen molar-refractivity contribution in [3.63, 3.8) is 0 Å². The third kappa shape index (κ3) is 6.26. The summed E-state index contributed by atoms with van der Waals surface area (Å²) in [7, 11) is -1.42. The Morgan fingerprint density at radius 2 is 1.90 bits per heavy atom. The molecule has 0 fully saturated rings. The molecule has 1 aromatic rings. The highest BCUT2D eigenvalue weighted by Crippen LogP contribution is 2.20. The summed E-state index contributed by atoms with van der Waals surface area (Å²) in [5.74, 6) is 0.0228. The molecule has 6 heteroatoms. The van der Waals surface area contributed by atoms with Crippen LogP contribution in [0.5, 0.6) is 0 Å². The molecule has 4 nitrogen and oxygen atoms in total. The van der Waals surface area contributed by atoms with Gasteiger partial charge in [0.15, 0.2) is 0 Å². The Hall–Kier alpha value is -0.560. The second kappa shape index (κ2) is 7.45. The quantitative estimate of drug-likeness (QED) is 0.770. The van der Waals surface area contributed by atoms with Crippen LogP contribution in [-0.4, -0.2) is 33.0 Å². The van der Waals surface area contributed by atoms with Gasteiger partial charge in [-0.15, -0.1) is 0 Å². The van der Waals surface area contributed by atoms with Crippen molar-refractivity contribution in [2.75, 3.05) is 19.8 Å². The van der Waals surface area contributed by atoms with Crippen LogP contribution in [0.15, 0.2) is 24.3 Å². The average molecular weight is 316 g/mol. The van der Waals surface area contributed by atoms with Crippen molar-refractivity contribution >= 4 is 21.8 Å². The first-order chi connectivity index (χ1) is 9.28. The second-order valence-electron chi connectivity index (χ2n) is 5.39. The van der Waals surface area contributed by atoms with Crippen molar-refractivity contribution in [2.45, 2.75) is 30.9 Å². The molecule has 0 atom stereocenters. The normalized spacial score (nSPS) is 12.6. The summed E-state index contributed by atoms with van der Waals surface area (Å²) in [4.78, 5) is 0. The number of benzene rings is 1. The molecule has 0 heterocycles. The molecule has 0 spiro atoms. The van der Waals surface area contributed by atoms with E-state index < -0.39 is 10.0 Å². The van der Waals surface area contributed by atoms with Gasteiger partial charge in [-0.1, -0.05) is 24.3 Å². The minimum absolute atomic E-state index is 0.0228. The highest BCUT2D eigenvalue weighted by atomic mass is 32.2. The van der Waals surface area contributed by atoms with E-state index in [4.69, 9.17) is 0 Å². The van der Waals surface area contributed by atoms with Gasteiger partial charge >= 0.3 is 0 Å². The Kier molecular flexibility index (Phi) is 6.51. The molecule has 2 N–H and O–H groups in total. The van der Waals surface area contributed by atoms with Gasteiger partial charge in [0.05, 0.1) is 5.75 Å². The number of hydrogen-bond acceptors (Lipinski definition) is 4. The maximum Gasteiger partial charge on any atom is 0.215 e. The maximum atomic E-state index is 12.1. The summed E-state index contributed by atoms with van der Waals surface area (Å²) >= 11 is 1.65. The van der Waals surface area contributed by atoms with E-state index in [9.17, 15) is 8.42 Å². The van der Waals surface area contributed by atoms with E-state index >= 15 is 0 Å². The third-order valence-corrected chi connectivity index (χ3v) is 5.55.